The molecule has 0 bridgehead atoms. The molecule has 1 heterocycles. The molecule has 1 aromatic heterocycles. The number of carbonyl (C=O) groups excluding carboxylic acids is 1. The normalized spacial score (nSPS) is 10.4. The first-order chi connectivity index (χ1) is 12.6. The van der Waals surface area contributed by atoms with Gasteiger partial charge in [0, 0.05) is 11.9 Å². The Bertz CT molecular complexity index is 917. The Morgan fingerprint density at radius 2 is 1.73 bits per heavy atom. The molecule has 0 atom stereocenters. The highest BCUT2D eigenvalue weighted by atomic mass is 35.5. The molecule has 1 amide bonds. The summed E-state index contributed by atoms with van der Waals surface area (Å²) >= 11 is 13.6. The lowest BCUT2D eigenvalue weighted by atomic mass is 10.2. The van der Waals surface area contributed by atoms with Crippen LogP contribution in [0.25, 0.3) is 0 Å². The van der Waals surface area contributed by atoms with Gasteiger partial charge in [-0.25, -0.2) is 9.97 Å². The molecule has 5 nitrogen and oxygen atoms in total. The first kappa shape index (κ1) is 18.5. The summed E-state index contributed by atoms with van der Waals surface area (Å²) < 4.78 is 0. The van der Waals surface area contributed by atoms with E-state index in [0.717, 1.165) is 5.69 Å². The van der Waals surface area contributed by atoms with Gasteiger partial charge in [0.25, 0.3) is 5.91 Å². The van der Waals surface area contributed by atoms with Crippen LogP contribution in [0.1, 0.15) is 10.4 Å². The summed E-state index contributed by atoms with van der Waals surface area (Å²) in [5.74, 6) is -0.0117. The number of para-hydroxylation sites is 2. The molecule has 0 aliphatic heterocycles. The smallest absolute Gasteiger partial charge is 0.261 e. The van der Waals surface area contributed by atoms with E-state index in [-0.39, 0.29) is 5.56 Å². The number of halogens is 2. The molecule has 0 aliphatic carbocycles. The molecule has 0 aliphatic rings. The number of hydrogen-bond donors (Lipinski definition) is 2. The molecule has 0 radical (unpaired) electrons. The summed E-state index contributed by atoms with van der Waals surface area (Å²) in [6.45, 7) is 0. The van der Waals surface area contributed by atoms with Crippen molar-refractivity contribution in [2.24, 2.45) is 0 Å². The molecule has 0 saturated carbocycles. The quantitative estimate of drug-likeness (QED) is 0.433. The molecule has 2 aromatic carbocycles. The highest BCUT2D eigenvalue weighted by Crippen LogP contribution is 2.31. The number of nitrogens with one attached hydrogen (secondary N) is 2. The van der Waals surface area contributed by atoms with E-state index in [4.69, 9.17) is 23.2 Å². The van der Waals surface area contributed by atoms with E-state index in [2.05, 4.69) is 20.6 Å². The van der Waals surface area contributed by atoms with Crippen molar-refractivity contribution in [2.45, 2.75) is 5.16 Å². The molecule has 3 aromatic rings. The Balaban J connectivity index is 1.94. The largest absolute Gasteiger partial charge is 0.339 e. The highest BCUT2D eigenvalue weighted by Gasteiger charge is 2.17. The molecule has 0 unspecified atom stereocenters. The van der Waals surface area contributed by atoms with Gasteiger partial charge in [0.15, 0.2) is 5.16 Å². The number of hydrogen-bond acceptors (Lipinski definition) is 5. The van der Waals surface area contributed by atoms with Crippen LogP contribution >= 0.6 is 35.0 Å². The van der Waals surface area contributed by atoms with E-state index in [1.54, 1.807) is 18.2 Å². The predicted molar refractivity (Wildman–Crippen MR) is 108 cm³/mol. The number of benzene rings is 2. The highest BCUT2D eigenvalue weighted by molar-refractivity contribution is 7.98. The van der Waals surface area contributed by atoms with Gasteiger partial charge in [0.05, 0.1) is 15.7 Å². The van der Waals surface area contributed by atoms with Crippen LogP contribution < -0.4 is 10.6 Å². The zero-order valence-corrected chi connectivity index (χ0v) is 16.0. The standard InChI is InChI=1S/C18H14Cl2N4OS/c1-26-18-21-10-12(16(24-18)22-11-6-3-2-4-7-11)17(25)23-15-13(19)8-5-9-14(15)20/h2-10H,1H3,(H,23,25)(H,21,22,24). The van der Waals surface area contributed by atoms with Crippen LogP contribution in [0.2, 0.25) is 10.0 Å². The lowest BCUT2D eigenvalue weighted by Crippen LogP contribution is -2.16. The van der Waals surface area contributed by atoms with Gasteiger partial charge < -0.3 is 10.6 Å². The molecule has 26 heavy (non-hydrogen) atoms. The fourth-order valence-electron chi connectivity index (χ4n) is 2.18. The minimum atomic E-state index is -0.411. The van der Waals surface area contributed by atoms with Crippen LogP contribution in [-0.4, -0.2) is 22.1 Å². The number of nitrogens with zero attached hydrogens (tertiary/aromatic N) is 2. The summed E-state index contributed by atoms with van der Waals surface area (Å²) in [6.07, 6.45) is 3.34. The van der Waals surface area contributed by atoms with Crippen LogP contribution in [0.5, 0.6) is 0 Å². The summed E-state index contributed by atoms with van der Waals surface area (Å²) in [7, 11) is 0. The van der Waals surface area contributed by atoms with Crippen molar-refractivity contribution in [2.75, 3.05) is 16.9 Å². The van der Waals surface area contributed by atoms with Gasteiger partial charge in [-0.2, -0.15) is 0 Å². The molecule has 2 N–H and O–H groups in total. The second kappa shape index (κ2) is 8.40. The van der Waals surface area contributed by atoms with Crippen molar-refractivity contribution in [3.63, 3.8) is 0 Å². The Hall–Kier alpha value is -2.28. The SMILES string of the molecule is CSc1ncc(C(=O)Nc2c(Cl)cccc2Cl)c(Nc2ccccc2)n1. The maximum atomic E-state index is 12.8. The molecular formula is C18H14Cl2N4OS. The van der Waals surface area contributed by atoms with Crippen molar-refractivity contribution in [1.29, 1.82) is 0 Å². The van der Waals surface area contributed by atoms with Crippen molar-refractivity contribution in [3.05, 3.63) is 70.3 Å². The Kier molecular flexibility index (Phi) is 5.98. The second-order valence-electron chi connectivity index (χ2n) is 5.16. The fraction of sp³-hybridized carbons (Fsp3) is 0.0556. The van der Waals surface area contributed by atoms with Gasteiger partial charge in [0.1, 0.15) is 11.4 Å². The summed E-state index contributed by atoms with van der Waals surface area (Å²) in [6, 6.07) is 14.5. The van der Waals surface area contributed by atoms with E-state index >= 15 is 0 Å². The first-order valence-corrected chi connectivity index (χ1v) is 9.55. The minimum absolute atomic E-state index is 0.280. The fourth-order valence-corrected chi connectivity index (χ4v) is 3.01. The number of anilines is 3. The molecule has 8 heteroatoms. The average molecular weight is 405 g/mol. The molecule has 0 spiro atoms. The second-order valence-corrected chi connectivity index (χ2v) is 6.75. The maximum absolute atomic E-state index is 12.8. The van der Waals surface area contributed by atoms with E-state index in [0.29, 0.717) is 26.7 Å². The van der Waals surface area contributed by atoms with Crippen molar-refractivity contribution >= 4 is 58.1 Å². The average Bonchev–Trinajstić information content (AvgIpc) is 2.65. The summed E-state index contributed by atoms with van der Waals surface area (Å²) in [5, 5.41) is 7.14. The zero-order chi connectivity index (χ0) is 18.5. The number of amides is 1. The van der Waals surface area contributed by atoms with Crippen LogP contribution in [0.4, 0.5) is 17.2 Å². The molecule has 0 saturated heterocycles. The van der Waals surface area contributed by atoms with Gasteiger partial charge in [-0.1, -0.05) is 59.2 Å². The van der Waals surface area contributed by atoms with Gasteiger partial charge in [-0.3, -0.25) is 4.79 Å². The van der Waals surface area contributed by atoms with Crippen molar-refractivity contribution in [3.8, 4) is 0 Å². The third kappa shape index (κ3) is 4.27. The van der Waals surface area contributed by atoms with E-state index in [1.165, 1.54) is 18.0 Å². The topological polar surface area (TPSA) is 66.9 Å². The molecule has 0 fully saturated rings. The van der Waals surface area contributed by atoms with Gasteiger partial charge in [-0.15, -0.1) is 0 Å². The number of thioether (sulfide) groups is 1. The first-order valence-electron chi connectivity index (χ1n) is 7.57. The third-order valence-corrected chi connectivity index (χ3v) is 4.62. The minimum Gasteiger partial charge on any atom is -0.339 e. The van der Waals surface area contributed by atoms with E-state index in [1.807, 2.05) is 36.6 Å². The predicted octanol–water partition coefficient (Wildman–Crippen LogP) is 5.50. The molecular weight excluding hydrogens is 391 g/mol. The van der Waals surface area contributed by atoms with Gasteiger partial charge in [0.2, 0.25) is 0 Å². The summed E-state index contributed by atoms with van der Waals surface area (Å²) in [5.41, 5.74) is 1.44. The Morgan fingerprint density at radius 1 is 1.04 bits per heavy atom. The van der Waals surface area contributed by atoms with Crippen LogP contribution in [0, 0.1) is 0 Å². The maximum Gasteiger partial charge on any atom is 0.261 e. The van der Waals surface area contributed by atoms with E-state index < -0.39 is 5.91 Å². The number of carbonyl (C=O) groups is 1. The van der Waals surface area contributed by atoms with Crippen molar-refractivity contribution < 1.29 is 4.79 Å². The zero-order valence-electron chi connectivity index (χ0n) is 13.7. The van der Waals surface area contributed by atoms with Crippen LogP contribution in [0.15, 0.2) is 59.9 Å². The van der Waals surface area contributed by atoms with Crippen molar-refractivity contribution in [1.82, 2.24) is 9.97 Å². The number of aromatic nitrogens is 2. The number of rotatable bonds is 5. The van der Waals surface area contributed by atoms with Crippen LogP contribution in [-0.2, 0) is 0 Å². The van der Waals surface area contributed by atoms with Gasteiger partial charge in [-0.05, 0) is 30.5 Å². The van der Waals surface area contributed by atoms with E-state index in [9.17, 15) is 4.79 Å². The van der Waals surface area contributed by atoms with Gasteiger partial charge >= 0.3 is 0 Å². The van der Waals surface area contributed by atoms with Crippen LogP contribution in [0.3, 0.4) is 0 Å². The molecule has 3 rings (SSSR count). The summed E-state index contributed by atoms with van der Waals surface area (Å²) in [4.78, 5) is 21.4. The lowest BCUT2D eigenvalue weighted by molar-refractivity contribution is 0.102. The Morgan fingerprint density at radius 3 is 2.38 bits per heavy atom. The monoisotopic (exact) mass is 404 g/mol. The molecule has 132 valence electrons. The lowest BCUT2D eigenvalue weighted by Gasteiger charge is -2.13. The Labute approximate surface area is 165 Å². The third-order valence-electron chi connectivity index (χ3n) is 3.43.